The quantitative estimate of drug-likeness (QED) is 0.534. The summed E-state index contributed by atoms with van der Waals surface area (Å²) in [4.78, 5) is 22.9. The molecule has 0 fully saturated rings. The van der Waals surface area contributed by atoms with Gasteiger partial charge in [-0.25, -0.2) is 0 Å². The molecule has 1 aromatic rings. The molecule has 0 N–H and O–H groups in total. The average molecular weight is 332 g/mol. The zero-order chi connectivity index (χ0) is 17.3. The van der Waals surface area contributed by atoms with Crippen LogP contribution in [-0.2, 0) is 19.1 Å². The number of carbonyl (C=O) groups is 2. The van der Waals surface area contributed by atoms with Crippen LogP contribution in [0, 0.1) is 0 Å². The molecule has 1 aromatic carbocycles. The van der Waals surface area contributed by atoms with Gasteiger partial charge in [-0.2, -0.15) is 13.2 Å². The zero-order valence-corrected chi connectivity index (χ0v) is 12.8. The summed E-state index contributed by atoms with van der Waals surface area (Å²) in [5, 5.41) is 0. The van der Waals surface area contributed by atoms with Gasteiger partial charge in [0.2, 0.25) is 6.10 Å². The number of rotatable bonds is 8. The highest BCUT2D eigenvalue weighted by molar-refractivity contribution is 5.77. The Morgan fingerprint density at radius 2 is 1.70 bits per heavy atom. The Morgan fingerprint density at radius 1 is 1.09 bits per heavy atom. The highest BCUT2D eigenvalue weighted by Gasteiger charge is 2.43. The van der Waals surface area contributed by atoms with Crippen molar-refractivity contribution in [2.75, 3.05) is 6.61 Å². The molecule has 0 heterocycles. The SMILES string of the molecule is CCCCOC(=O)CCC(=O)OC(c1ccccc1)C(F)(F)F. The van der Waals surface area contributed by atoms with Gasteiger partial charge in [0.05, 0.1) is 19.4 Å². The van der Waals surface area contributed by atoms with Crippen molar-refractivity contribution in [1.29, 1.82) is 0 Å². The van der Waals surface area contributed by atoms with Crippen molar-refractivity contribution >= 4 is 11.9 Å². The largest absolute Gasteiger partial charge is 0.466 e. The third-order valence-electron chi connectivity index (χ3n) is 2.94. The minimum atomic E-state index is -4.72. The van der Waals surface area contributed by atoms with E-state index in [4.69, 9.17) is 4.74 Å². The second-order valence-corrected chi connectivity index (χ2v) is 4.90. The molecule has 0 aliphatic rings. The summed E-state index contributed by atoms with van der Waals surface area (Å²) >= 11 is 0. The van der Waals surface area contributed by atoms with Crippen LogP contribution < -0.4 is 0 Å². The summed E-state index contributed by atoms with van der Waals surface area (Å²) in [7, 11) is 0. The Kier molecular flexibility index (Phi) is 7.57. The summed E-state index contributed by atoms with van der Waals surface area (Å²) in [5.74, 6) is -1.72. The van der Waals surface area contributed by atoms with Crippen LogP contribution in [0.3, 0.4) is 0 Å². The molecule has 7 heteroatoms. The molecule has 0 aromatic heterocycles. The van der Waals surface area contributed by atoms with Crippen molar-refractivity contribution in [1.82, 2.24) is 0 Å². The van der Waals surface area contributed by atoms with E-state index in [-0.39, 0.29) is 18.6 Å². The number of benzene rings is 1. The predicted octanol–water partition coefficient (Wildman–Crippen LogP) is 3.96. The first-order chi connectivity index (χ1) is 10.8. The topological polar surface area (TPSA) is 52.6 Å². The number of esters is 2. The third kappa shape index (κ3) is 7.17. The van der Waals surface area contributed by atoms with Crippen LogP contribution in [0.1, 0.15) is 44.3 Å². The Balaban J connectivity index is 2.54. The molecule has 23 heavy (non-hydrogen) atoms. The van der Waals surface area contributed by atoms with Gasteiger partial charge in [-0.1, -0.05) is 43.7 Å². The van der Waals surface area contributed by atoms with Crippen LogP contribution in [0.15, 0.2) is 30.3 Å². The summed E-state index contributed by atoms with van der Waals surface area (Å²) in [6, 6.07) is 6.86. The Hall–Kier alpha value is -2.05. The first kappa shape index (κ1) is 19.0. The lowest BCUT2D eigenvalue weighted by Crippen LogP contribution is -2.26. The Labute approximate surface area is 132 Å². The van der Waals surface area contributed by atoms with Crippen LogP contribution in [0.2, 0.25) is 0 Å². The number of halogens is 3. The molecule has 0 amide bonds. The second-order valence-electron chi connectivity index (χ2n) is 4.90. The number of ether oxygens (including phenoxy) is 2. The van der Waals surface area contributed by atoms with Gasteiger partial charge in [0.15, 0.2) is 0 Å². The molecule has 0 spiro atoms. The lowest BCUT2D eigenvalue weighted by Gasteiger charge is -2.21. The maximum absolute atomic E-state index is 13.0. The molecular formula is C16H19F3O4. The number of carbonyl (C=O) groups excluding carboxylic acids is 2. The highest BCUT2D eigenvalue weighted by Crippen LogP contribution is 2.36. The van der Waals surface area contributed by atoms with Crippen LogP contribution in [-0.4, -0.2) is 24.7 Å². The smallest absolute Gasteiger partial charge is 0.429 e. The fourth-order valence-corrected chi connectivity index (χ4v) is 1.75. The fraction of sp³-hybridized carbons (Fsp3) is 0.500. The van der Waals surface area contributed by atoms with Gasteiger partial charge < -0.3 is 9.47 Å². The standard InChI is InChI=1S/C16H19F3O4/c1-2-3-11-22-13(20)9-10-14(21)23-15(16(17,18)19)12-7-5-4-6-8-12/h4-8,15H,2-3,9-11H2,1H3. The van der Waals surface area contributed by atoms with Crippen LogP contribution in [0.25, 0.3) is 0 Å². The van der Waals surface area contributed by atoms with Crippen LogP contribution >= 0.6 is 0 Å². The summed E-state index contributed by atoms with van der Waals surface area (Å²) in [6.07, 6.45) is -6.28. The van der Waals surface area contributed by atoms with Gasteiger partial charge in [-0.3, -0.25) is 9.59 Å². The summed E-state index contributed by atoms with van der Waals surface area (Å²) < 4.78 is 48.3. The maximum atomic E-state index is 13.0. The van der Waals surface area contributed by atoms with E-state index in [0.29, 0.717) is 6.42 Å². The normalized spacial score (nSPS) is 12.5. The monoisotopic (exact) mass is 332 g/mol. The van der Waals surface area contributed by atoms with Gasteiger partial charge >= 0.3 is 18.1 Å². The molecule has 0 aliphatic heterocycles. The Bertz CT molecular complexity index is 500. The third-order valence-corrected chi connectivity index (χ3v) is 2.94. The minimum Gasteiger partial charge on any atom is -0.466 e. The summed E-state index contributed by atoms with van der Waals surface area (Å²) in [6.45, 7) is 2.16. The van der Waals surface area contributed by atoms with Crippen molar-refractivity contribution < 1.29 is 32.2 Å². The molecule has 1 rings (SSSR count). The van der Waals surface area contributed by atoms with E-state index in [0.717, 1.165) is 6.42 Å². The summed E-state index contributed by atoms with van der Waals surface area (Å²) in [5.41, 5.74) is -0.168. The number of alkyl halides is 3. The molecule has 1 unspecified atom stereocenters. The predicted molar refractivity (Wildman–Crippen MR) is 76.4 cm³/mol. The minimum absolute atomic E-state index is 0.168. The number of hydrogen-bond donors (Lipinski definition) is 0. The van der Waals surface area contributed by atoms with E-state index < -0.39 is 30.6 Å². The zero-order valence-electron chi connectivity index (χ0n) is 12.8. The van der Waals surface area contributed by atoms with Gasteiger partial charge in [-0.15, -0.1) is 0 Å². The molecule has 0 saturated heterocycles. The average Bonchev–Trinajstić information content (AvgIpc) is 2.50. The van der Waals surface area contributed by atoms with Gasteiger partial charge in [0, 0.05) is 5.56 Å². The van der Waals surface area contributed by atoms with Gasteiger partial charge in [0.1, 0.15) is 0 Å². The number of hydrogen-bond acceptors (Lipinski definition) is 4. The first-order valence-corrected chi connectivity index (χ1v) is 7.31. The van der Waals surface area contributed by atoms with Crippen LogP contribution in [0.5, 0.6) is 0 Å². The maximum Gasteiger partial charge on any atom is 0.429 e. The van der Waals surface area contributed by atoms with Gasteiger partial charge in [0.25, 0.3) is 0 Å². The van der Waals surface area contributed by atoms with E-state index in [2.05, 4.69) is 4.74 Å². The highest BCUT2D eigenvalue weighted by atomic mass is 19.4. The van der Waals surface area contributed by atoms with E-state index >= 15 is 0 Å². The van der Waals surface area contributed by atoms with Crippen molar-refractivity contribution in [3.8, 4) is 0 Å². The second kappa shape index (κ2) is 9.17. The van der Waals surface area contributed by atoms with E-state index in [1.807, 2.05) is 6.92 Å². The molecule has 0 aliphatic carbocycles. The molecule has 1 atom stereocenters. The van der Waals surface area contributed by atoms with E-state index in [9.17, 15) is 22.8 Å². The molecule has 0 bridgehead atoms. The van der Waals surface area contributed by atoms with Crippen molar-refractivity contribution in [3.63, 3.8) is 0 Å². The molecular weight excluding hydrogens is 313 g/mol. The fourth-order valence-electron chi connectivity index (χ4n) is 1.75. The van der Waals surface area contributed by atoms with Crippen LogP contribution in [0.4, 0.5) is 13.2 Å². The van der Waals surface area contributed by atoms with Gasteiger partial charge in [-0.05, 0) is 6.42 Å². The van der Waals surface area contributed by atoms with E-state index in [1.54, 1.807) is 6.07 Å². The first-order valence-electron chi connectivity index (χ1n) is 7.31. The van der Waals surface area contributed by atoms with E-state index in [1.165, 1.54) is 24.3 Å². The molecule has 128 valence electrons. The van der Waals surface area contributed by atoms with Crippen molar-refractivity contribution in [2.45, 2.75) is 44.9 Å². The molecule has 0 saturated carbocycles. The lowest BCUT2D eigenvalue weighted by atomic mass is 10.1. The molecule has 4 nitrogen and oxygen atoms in total. The lowest BCUT2D eigenvalue weighted by molar-refractivity contribution is -0.224. The Morgan fingerprint density at radius 3 is 2.26 bits per heavy atom. The number of unbranched alkanes of at least 4 members (excludes halogenated alkanes) is 1. The van der Waals surface area contributed by atoms with Crippen molar-refractivity contribution in [2.24, 2.45) is 0 Å². The van der Waals surface area contributed by atoms with Crippen molar-refractivity contribution in [3.05, 3.63) is 35.9 Å². The molecule has 0 radical (unpaired) electrons.